The molecule has 0 radical (unpaired) electrons. The van der Waals surface area contributed by atoms with E-state index in [-0.39, 0.29) is 29.8 Å². The Labute approximate surface area is 120 Å². The Kier molecular flexibility index (Phi) is 5.38. The molecule has 1 heterocycles. The molecule has 1 fully saturated rings. The first kappa shape index (κ1) is 16.0. The Bertz CT molecular complexity index is 430. The number of aromatic nitrogens is 2. The quantitative estimate of drug-likeness (QED) is 0.894. The maximum atomic E-state index is 12.3. The molecule has 0 bridgehead atoms. The Morgan fingerprint density at radius 2 is 2.37 bits per heavy atom. The molecular weight excluding hydrogens is 264 g/mol. The van der Waals surface area contributed by atoms with Crippen molar-refractivity contribution in [3.05, 3.63) is 12.3 Å². The lowest BCUT2D eigenvalue weighted by atomic mass is 9.74. The molecule has 1 aliphatic rings. The zero-order chi connectivity index (χ0) is 13.2. The number of hydrogen-bond donors (Lipinski definition) is 2. The standard InChI is InChI=1S/C13H22N4O.ClH/c1-3-17-11(7-9-15-17)16-12(18)10-6-4-5-8-13(10,2)14;/h7,9-10H,3-6,8,14H2,1-2H3,(H,16,18);1H. The fourth-order valence-corrected chi connectivity index (χ4v) is 2.69. The van der Waals surface area contributed by atoms with Gasteiger partial charge in [-0.1, -0.05) is 12.8 Å². The number of aryl methyl sites for hydroxylation is 1. The summed E-state index contributed by atoms with van der Waals surface area (Å²) in [6.45, 7) is 4.72. The average molecular weight is 287 g/mol. The van der Waals surface area contributed by atoms with Crippen LogP contribution in [0.5, 0.6) is 0 Å². The lowest BCUT2D eigenvalue weighted by molar-refractivity contribution is -0.122. The van der Waals surface area contributed by atoms with Crippen LogP contribution in [0.4, 0.5) is 5.82 Å². The molecule has 108 valence electrons. The molecule has 1 aromatic heterocycles. The molecular formula is C13H23ClN4O. The van der Waals surface area contributed by atoms with E-state index < -0.39 is 0 Å². The molecule has 2 rings (SSSR count). The van der Waals surface area contributed by atoms with Crippen molar-refractivity contribution in [2.24, 2.45) is 11.7 Å². The zero-order valence-electron chi connectivity index (χ0n) is 11.6. The third kappa shape index (κ3) is 3.48. The first-order valence-corrected chi connectivity index (χ1v) is 6.66. The van der Waals surface area contributed by atoms with Gasteiger partial charge in [-0.25, -0.2) is 4.68 Å². The SMILES string of the molecule is CCn1nccc1NC(=O)C1CCCCC1(C)N.Cl. The first-order chi connectivity index (χ1) is 8.54. The molecule has 0 saturated heterocycles. The molecule has 19 heavy (non-hydrogen) atoms. The van der Waals surface area contributed by atoms with Gasteiger partial charge < -0.3 is 11.1 Å². The molecule has 6 heteroatoms. The van der Waals surface area contributed by atoms with Gasteiger partial charge in [0.2, 0.25) is 5.91 Å². The fraction of sp³-hybridized carbons (Fsp3) is 0.692. The molecule has 3 N–H and O–H groups in total. The van der Waals surface area contributed by atoms with Crippen LogP contribution in [0.15, 0.2) is 12.3 Å². The largest absolute Gasteiger partial charge is 0.325 e. The second-order valence-electron chi connectivity index (χ2n) is 5.33. The molecule has 1 saturated carbocycles. The van der Waals surface area contributed by atoms with E-state index in [2.05, 4.69) is 10.4 Å². The van der Waals surface area contributed by atoms with Crippen molar-refractivity contribution in [3.63, 3.8) is 0 Å². The minimum Gasteiger partial charge on any atom is -0.325 e. The summed E-state index contributed by atoms with van der Waals surface area (Å²) < 4.78 is 1.77. The van der Waals surface area contributed by atoms with Gasteiger partial charge in [-0.15, -0.1) is 12.4 Å². The summed E-state index contributed by atoms with van der Waals surface area (Å²) >= 11 is 0. The number of rotatable bonds is 3. The van der Waals surface area contributed by atoms with E-state index >= 15 is 0 Å². The Morgan fingerprint density at radius 3 is 3.00 bits per heavy atom. The van der Waals surface area contributed by atoms with Crippen LogP contribution in [0.2, 0.25) is 0 Å². The Hall–Kier alpha value is -1.07. The minimum atomic E-state index is -0.389. The summed E-state index contributed by atoms with van der Waals surface area (Å²) in [6, 6.07) is 1.82. The van der Waals surface area contributed by atoms with Crippen LogP contribution in [-0.2, 0) is 11.3 Å². The normalized spacial score (nSPS) is 26.6. The van der Waals surface area contributed by atoms with E-state index in [4.69, 9.17) is 5.73 Å². The third-order valence-electron chi connectivity index (χ3n) is 3.84. The second-order valence-corrected chi connectivity index (χ2v) is 5.33. The molecule has 1 amide bonds. The molecule has 2 unspecified atom stereocenters. The Morgan fingerprint density at radius 1 is 1.63 bits per heavy atom. The zero-order valence-corrected chi connectivity index (χ0v) is 12.4. The van der Waals surface area contributed by atoms with Gasteiger partial charge in [-0.05, 0) is 26.7 Å². The van der Waals surface area contributed by atoms with Gasteiger partial charge >= 0.3 is 0 Å². The van der Waals surface area contributed by atoms with Crippen molar-refractivity contribution in [2.45, 2.75) is 51.6 Å². The highest BCUT2D eigenvalue weighted by Crippen LogP contribution is 2.32. The van der Waals surface area contributed by atoms with Gasteiger partial charge in [0, 0.05) is 18.2 Å². The van der Waals surface area contributed by atoms with E-state index in [1.54, 1.807) is 10.9 Å². The van der Waals surface area contributed by atoms with E-state index in [9.17, 15) is 4.79 Å². The number of halogens is 1. The van der Waals surface area contributed by atoms with Crippen molar-refractivity contribution in [1.82, 2.24) is 9.78 Å². The van der Waals surface area contributed by atoms with Gasteiger partial charge in [0.25, 0.3) is 0 Å². The van der Waals surface area contributed by atoms with Crippen LogP contribution in [0.1, 0.15) is 39.5 Å². The maximum absolute atomic E-state index is 12.3. The predicted molar refractivity (Wildman–Crippen MR) is 78.3 cm³/mol. The van der Waals surface area contributed by atoms with E-state index in [0.717, 1.165) is 38.0 Å². The highest BCUT2D eigenvalue weighted by atomic mass is 35.5. The van der Waals surface area contributed by atoms with E-state index in [0.29, 0.717) is 0 Å². The maximum Gasteiger partial charge on any atom is 0.230 e. The van der Waals surface area contributed by atoms with Crippen LogP contribution in [-0.4, -0.2) is 21.2 Å². The van der Waals surface area contributed by atoms with Crippen molar-refractivity contribution in [1.29, 1.82) is 0 Å². The smallest absolute Gasteiger partial charge is 0.230 e. The second kappa shape index (κ2) is 6.39. The van der Waals surface area contributed by atoms with Gasteiger partial charge in [0.1, 0.15) is 5.82 Å². The molecule has 1 aromatic rings. The monoisotopic (exact) mass is 286 g/mol. The molecule has 0 aromatic carbocycles. The topological polar surface area (TPSA) is 72.9 Å². The molecule has 0 aliphatic heterocycles. The van der Waals surface area contributed by atoms with Crippen LogP contribution in [0, 0.1) is 5.92 Å². The number of carbonyl (C=O) groups is 1. The molecule has 1 aliphatic carbocycles. The molecule has 0 spiro atoms. The van der Waals surface area contributed by atoms with Crippen molar-refractivity contribution in [2.75, 3.05) is 5.32 Å². The summed E-state index contributed by atoms with van der Waals surface area (Å²) in [5.74, 6) is 0.672. The average Bonchev–Trinajstić information content (AvgIpc) is 2.75. The van der Waals surface area contributed by atoms with E-state index in [1.165, 1.54) is 0 Å². The predicted octanol–water partition coefficient (Wildman–Crippen LogP) is 2.17. The highest BCUT2D eigenvalue weighted by molar-refractivity contribution is 5.92. The number of anilines is 1. The van der Waals surface area contributed by atoms with Crippen molar-refractivity contribution < 1.29 is 4.79 Å². The van der Waals surface area contributed by atoms with Crippen molar-refractivity contribution in [3.8, 4) is 0 Å². The number of carbonyl (C=O) groups excluding carboxylic acids is 1. The summed E-state index contributed by atoms with van der Waals surface area (Å²) in [5, 5.41) is 7.09. The van der Waals surface area contributed by atoms with Crippen LogP contribution < -0.4 is 11.1 Å². The van der Waals surface area contributed by atoms with Crippen molar-refractivity contribution >= 4 is 24.1 Å². The lowest BCUT2D eigenvalue weighted by Gasteiger charge is -2.37. The summed E-state index contributed by atoms with van der Waals surface area (Å²) in [5.41, 5.74) is 5.85. The number of nitrogens with two attached hydrogens (primary N) is 1. The summed E-state index contributed by atoms with van der Waals surface area (Å²) in [4.78, 5) is 12.3. The van der Waals surface area contributed by atoms with Gasteiger partial charge in [0.05, 0.1) is 12.1 Å². The molecule has 5 nitrogen and oxygen atoms in total. The van der Waals surface area contributed by atoms with Gasteiger partial charge in [-0.2, -0.15) is 5.10 Å². The number of hydrogen-bond acceptors (Lipinski definition) is 3. The first-order valence-electron chi connectivity index (χ1n) is 6.66. The Balaban J connectivity index is 0.00000180. The van der Waals surface area contributed by atoms with Gasteiger partial charge in [-0.3, -0.25) is 4.79 Å². The van der Waals surface area contributed by atoms with E-state index in [1.807, 2.05) is 19.9 Å². The number of amides is 1. The van der Waals surface area contributed by atoms with Gasteiger partial charge in [0.15, 0.2) is 0 Å². The number of nitrogens with one attached hydrogen (secondary N) is 1. The molecule has 2 atom stereocenters. The lowest BCUT2D eigenvalue weighted by Crippen LogP contribution is -2.51. The highest BCUT2D eigenvalue weighted by Gasteiger charge is 2.37. The minimum absolute atomic E-state index is 0. The van der Waals surface area contributed by atoms with Crippen LogP contribution in [0.25, 0.3) is 0 Å². The summed E-state index contributed by atoms with van der Waals surface area (Å²) in [7, 11) is 0. The fourth-order valence-electron chi connectivity index (χ4n) is 2.69. The van der Waals surface area contributed by atoms with Crippen LogP contribution in [0.3, 0.4) is 0 Å². The van der Waals surface area contributed by atoms with Crippen LogP contribution >= 0.6 is 12.4 Å². The number of nitrogens with zero attached hydrogens (tertiary/aromatic N) is 2. The summed E-state index contributed by atoms with van der Waals surface area (Å²) in [6.07, 6.45) is 5.68. The third-order valence-corrected chi connectivity index (χ3v) is 3.84.